The Hall–Kier alpha value is -1.16. The first kappa shape index (κ1) is 11.0. The average molecular weight is 247 g/mol. The van der Waals surface area contributed by atoms with Crippen LogP contribution in [0.3, 0.4) is 0 Å². The molecule has 2 aromatic heterocycles. The van der Waals surface area contributed by atoms with Crippen LogP contribution in [0.25, 0.3) is 10.2 Å². The molecule has 4 heteroatoms. The van der Waals surface area contributed by atoms with Crippen molar-refractivity contribution >= 4 is 27.4 Å². The van der Waals surface area contributed by atoms with Crippen molar-refractivity contribution in [2.75, 3.05) is 11.9 Å². The Bertz CT molecular complexity index is 516. The fourth-order valence-electron chi connectivity index (χ4n) is 1.95. The molecule has 0 bridgehead atoms. The quantitative estimate of drug-likeness (QED) is 0.879. The monoisotopic (exact) mass is 247 g/mol. The summed E-state index contributed by atoms with van der Waals surface area (Å²) in [6.45, 7) is 3.15. The molecule has 0 saturated heterocycles. The molecule has 0 aromatic carbocycles. The smallest absolute Gasteiger partial charge is 0.138 e. The molecule has 1 fully saturated rings. The normalized spacial score (nSPS) is 15.4. The molecule has 2 aromatic rings. The van der Waals surface area contributed by atoms with E-state index in [0.29, 0.717) is 0 Å². The third-order valence-corrected chi connectivity index (χ3v) is 3.89. The van der Waals surface area contributed by atoms with Gasteiger partial charge in [-0.25, -0.2) is 9.97 Å². The lowest BCUT2D eigenvalue weighted by atomic mass is 10.2. The van der Waals surface area contributed by atoms with Gasteiger partial charge in [0.15, 0.2) is 0 Å². The minimum absolute atomic E-state index is 0.839. The molecule has 1 aliphatic carbocycles. The van der Waals surface area contributed by atoms with Gasteiger partial charge in [0, 0.05) is 13.0 Å². The SMILES string of the molecule is CCCNc1nc(CC2CC2)nc2sccc12. The predicted molar refractivity (Wildman–Crippen MR) is 72.6 cm³/mol. The maximum Gasteiger partial charge on any atom is 0.138 e. The van der Waals surface area contributed by atoms with Crippen molar-refractivity contribution < 1.29 is 0 Å². The molecule has 3 rings (SSSR count). The summed E-state index contributed by atoms with van der Waals surface area (Å²) in [7, 11) is 0. The molecule has 0 atom stereocenters. The molecule has 0 amide bonds. The second-order valence-corrected chi connectivity index (χ2v) is 5.60. The fraction of sp³-hybridized carbons (Fsp3) is 0.538. The Morgan fingerprint density at radius 3 is 3.06 bits per heavy atom. The summed E-state index contributed by atoms with van der Waals surface area (Å²) in [4.78, 5) is 10.4. The van der Waals surface area contributed by atoms with Crippen LogP contribution in [0.2, 0.25) is 0 Å². The molecule has 17 heavy (non-hydrogen) atoms. The number of rotatable bonds is 5. The highest BCUT2D eigenvalue weighted by Gasteiger charge is 2.23. The van der Waals surface area contributed by atoms with Crippen molar-refractivity contribution in [3.8, 4) is 0 Å². The number of fused-ring (bicyclic) bond motifs is 1. The average Bonchev–Trinajstić information content (AvgIpc) is 3.01. The highest BCUT2D eigenvalue weighted by molar-refractivity contribution is 7.16. The maximum absolute atomic E-state index is 4.68. The molecule has 1 saturated carbocycles. The van der Waals surface area contributed by atoms with E-state index in [4.69, 9.17) is 0 Å². The summed E-state index contributed by atoms with van der Waals surface area (Å²) in [5.41, 5.74) is 0. The highest BCUT2D eigenvalue weighted by Crippen LogP contribution is 2.33. The van der Waals surface area contributed by atoms with E-state index in [0.717, 1.165) is 41.8 Å². The first-order valence-electron chi connectivity index (χ1n) is 6.35. The number of hydrogen-bond acceptors (Lipinski definition) is 4. The molecule has 0 aliphatic heterocycles. The van der Waals surface area contributed by atoms with Gasteiger partial charge in [-0.2, -0.15) is 0 Å². The van der Waals surface area contributed by atoms with E-state index in [-0.39, 0.29) is 0 Å². The van der Waals surface area contributed by atoms with Gasteiger partial charge in [-0.1, -0.05) is 6.92 Å². The molecule has 2 heterocycles. The standard InChI is InChI=1S/C13H17N3S/c1-2-6-14-12-10-5-7-17-13(10)16-11(15-12)8-9-3-4-9/h5,7,9H,2-4,6,8H2,1H3,(H,14,15,16). The zero-order valence-corrected chi connectivity index (χ0v) is 10.9. The Balaban J connectivity index is 1.93. The van der Waals surface area contributed by atoms with Crippen LogP contribution in [0.15, 0.2) is 11.4 Å². The van der Waals surface area contributed by atoms with Crippen molar-refractivity contribution in [2.45, 2.75) is 32.6 Å². The number of anilines is 1. The van der Waals surface area contributed by atoms with Crippen molar-refractivity contribution in [2.24, 2.45) is 5.92 Å². The molecule has 90 valence electrons. The van der Waals surface area contributed by atoms with Crippen molar-refractivity contribution in [1.29, 1.82) is 0 Å². The van der Waals surface area contributed by atoms with E-state index in [2.05, 4.69) is 33.7 Å². The van der Waals surface area contributed by atoms with Gasteiger partial charge in [0.25, 0.3) is 0 Å². The molecule has 0 unspecified atom stereocenters. The lowest BCUT2D eigenvalue weighted by molar-refractivity contribution is 0.776. The molecular formula is C13H17N3S. The van der Waals surface area contributed by atoms with Gasteiger partial charge in [0.1, 0.15) is 16.5 Å². The maximum atomic E-state index is 4.68. The minimum atomic E-state index is 0.839. The van der Waals surface area contributed by atoms with Crippen LogP contribution in [-0.2, 0) is 6.42 Å². The summed E-state index contributed by atoms with van der Waals surface area (Å²) in [5, 5.41) is 6.68. The second kappa shape index (κ2) is 4.61. The van der Waals surface area contributed by atoms with Crippen molar-refractivity contribution in [3.05, 3.63) is 17.3 Å². The first-order chi connectivity index (χ1) is 8.36. The Morgan fingerprint density at radius 2 is 2.29 bits per heavy atom. The van der Waals surface area contributed by atoms with E-state index in [1.807, 2.05) is 0 Å². The lowest BCUT2D eigenvalue weighted by Crippen LogP contribution is -2.06. The summed E-state index contributed by atoms with van der Waals surface area (Å²) in [6.07, 6.45) is 4.87. The van der Waals surface area contributed by atoms with E-state index in [1.165, 1.54) is 18.2 Å². The first-order valence-corrected chi connectivity index (χ1v) is 7.22. The Kier molecular flexibility index (Phi) is 2.97. The summed E-state index contributed by atoms with van der Waals surface area (Å²) >= 11 is 1.71. The predicted octanol–water partition coefficient (Wildman–Crippen LogP) is 3.47. The number of nitrogens with zero attached hydrogens (tertiary/aromatic N) is 2. The third-order valence-electron chi connectivity index (χ3n) is 3.08. The fourth-order valence-corrected chi connectivity index (χ4v) is 2.73. The number of hydrogen-bond donors (Lipinski definition) is 1. The van der Waals surface area contributed by atoms with Crippen LogP contribution in [-0.4, -0.2) is 16.5 Å². The van der Waals surface area contributed by atoms with E-state index < -0.39 is 0 Å². The van der Waals surface area contributed by atoms with Crippen LogP contribution in [0.4, 0.5) is 5.82 Å². The van der Waals surface area contributed by atoms with E-state index in [1.54, 1.807) is 11.3 Å². The zero-order valence-electron chi connectivity index (χ0n) is 10.1. The Morgan fingerprint density at radius 1 is 1.41 bits per heavy atom. The molecule has 0 spiro atoms. The van der Waals surface area contributed by atoms with Gasteiger partial charge in [0.2, 0.25) is 0 Å². The summed E-state index contributed by atoms with van der Waals surface area (Å²) < 4.78 is 0. The molecule has 1 aliphatic rings. The molecule has 1 N–H and O–H groups in total. The minimum Gasteiger partial charge on any atom is -0.369 e. The number of nitrogens with one attached hydrogen (secondary N) is 1. The number of aromatic nitrogens is 2. The van der Waals surface area contributed by atoms with Crippen molar-refractivity contribution in [3.63, 3.8) is 0 Å². The summed E-state index contributed by atoms with van der Waals surface area (Å²) in [6, 6.07) is 2.11. The molecule has 3 nitrogen and oxygen atoms in total. The van der Waals surface area contributed by atoms with Gasteiger partial charge in [-0.3, -0.25) is 0 Å². The van der Waals surface area contributed by atoms with Crippen LogP contribution in [0, 0.1) is 5.92 Å². The zero-order chi connectivity index (χ0) is 11.7. The topological polar surface area (TPSA) is 37.8 Å². The van der Waals surface area contributed by atoms with Crippen LogP contribution < -0.4 is 5.32 Å². The summed E-state index contributed by atoms with van der Waals surface area (Å²) in [5.74, 6) is 2.88. The third kappa shape index (κ3) is 2.41. The number of thiophene rings is 1. The molecular weight excluding hydrogens is 230 g/mol. The van der Waals surface area contributed by atoms with Gasteiger partial charge < -0.3 is 5.32 Å². The van der Waals surface area contributed by atoms with E-state index >= 15 is 0 Å². The lowest BCUT2D eigenvalue weighted by Gasteiger charge is -2.07. The van der Waals surface area contributed by atoms with Crippen LogP contribution in [0.5, 0.6) is 0 Å². The Labute approximate surface area is 105 Å². The largest absolute Gasteiger partial charge is 0.369 e. The van der Waals surface area contributed by atoms with Gasteiger partial charge in [0.05, 0.1) is 5.39 Å². The van der Waals surface area contributed by atoms with Crippen LogP contribution in [0.1, 0.15) is 32.0 Å². The van der Waals surface area contributed by atoms with E-state index in [9.17, 15) is 0 Å². The van der Waals surface area contributed by atoms with Gasteiger partial charge in [-0.15, -0.1) is 11.3 Å². The molecule has 0 radical (unpaired) electrons. The van der Waals surface area contributed by atoms with Gasteiger partial charge >= 0.3 is 0 Å². The highest BCUT2D eigenvalue weighted by atomic mass is 32.1. The van der Waals surface area contributed by atoms with Crippen molar-refractivity contribution in [1.82, 2.24) is 9.97 Å². The van der Waals surface area contributed by atoms with Gasteiger partial charge in [-0.05, 0) is 36.6 Å². The second-order valence-electron chi connectivity index (χ2n) is 4.70. The van der Waals surface area contributed by atoms with Crippen LogP contribution >= 0.6 is 11.3 Å².